The molecule has 1 fully saturated rings. The quantitative estimate of drug-likeness (QED) is 0.683. The number of esters is 1. The number of amides is 1. The molecule has 1 aromatic rings. The number of carbonyl (C=O) groups is 2. The average Bonchev–Trinajstić information content (AvgIpc) is 3.18. The highest BCUT2D eigenvalue weighted by atomic mass is 19.4. The van der Waals surface area contributed by atoms with Gasteiger partial charge >= 0.3 is 12.1 Å². The monoisotopic (exact) mass is 317 g/mol. The summed E-state index contributed by atoms with van der Waals surface area (Å²) >= 11 is 0. The number of benzene rings is 1. The Bertz CT molecular complexity index is 602. The van der Waals surface area contributed by atoms with Crippen LogP contribution in [0, 0.1) is 6.92 Å². The van der Waals surface area contributed by atoms with Gasteiger partial charge in [0.1, 0.15) is 0 Å². The van der Waals surface area contributed by atoms with Crippen molar-refractivity contribution in [3.05, 3.63) is 29.8 Å². The minimum Gasteiger partial charge on any atom is -0.464 e. The zero-order chi connectivity index (χ0) is 16.5. The zero-order valence-electron chi connectivity index (χ0n) is 11.9. The first-order valence-corrected chi connectivity index (χ1v) is 6.52. The fourth-order valence-corrected chi connectivity index (χ4v) is 2.03. The standard InChI is InChI=1S/C14H14F3NO4/c1-3-21-11(19)10-13(22-10,14(15,16)17)12(20)18-9-7-5-4-6-8(9)2/h4-7,10H,3H2,1-2H3,(H,18,20)/t10-,13-/m0/s1. The molecule has 1 N–H and O–H groups in total. The summed E-state index contributed by atoms with van der Waals surface area (Å²) in [7, 11) is 0. The predicted molar refractivity (Wildman–Crippen MR) is 70.1 cm³/mol. The zero-order valence-corrected chi connectivity index (χ0v) is 11.9. The molecule has 1 heterocycles. The van der Waals surface area contributed by atoms with Gasteiger partial charge in [-0.1, -0.05) is 18.2 Å². The fraction of sp³-hybridized carbons (Fsp3) is 0.429. The van der Waals surface area contributed by atoms with Crippen molar-refractivity contribution in [1.29, 1.82) is 0 Å². The Morgan fingerprint density at radius 2 is 2.00 bits per heavy atom. The molecule has 0 aliphatic carbocycles. The number of epoxide rings is 1. The summed E-state index contributed by atoms with van der Waals surface area (Å²) in [5, 5.41) is 2.15. The third kappa shape index (κ3) is 2.66. The first-order valence-electron chi connectivity index (χ1n) is 6.52. The molecule has 0 spiro atoms. The lowest BCUT2D eigenvalue weighted by atomic mass is 10.0. The van der Waals surface area contributed by atoms with Crippen molar-refractivity contribution in [2.24, 2.45) is 0 Å². The molecule has 2 atom stereocenters. The third-order valence-corrected chi connectivity index (χ3v) is 3.27. The van der Waals surface area contributed by atoms with Crippen LogP contribution in [0.2, 0.25) is 0 Å². The minimum absolute atomic E-state index is 0.105. The van der Waals surface area contributed by atoms with E-state index in [1.165, 1.54) is 13.0 Å². The molecule has 0 bridgehead atoms. The largest absolute Gasteiger partial charge is 0.464 e. The highest BCUT2D eigenvalue weighted by Gasteiger charge is 2.81. The molecule has 1 saturated heterocycles. The van der Waals surface area contributed by atoms with Crippen LogP contribution in [-0.2, 0) is 19.1 Å². The van der Waals surface area contributed by atoms with Crippen molar-refractivity contribution in [2.75, 3.05) is 11.9 Å². The van der Waals surface area contributed by atoms with E-state index in [0.717, 1.165) is 0 Å². The van der Waals surface area contributed by atoms with Gasteiger partial charge in [-0.05, 0) is 25.5 Å². The van der Waals surface area contributed by atoms with Gasteiger partial charge in [-0.2, -0.15) is 13.2 Å². The third-order valence-electron chi connectivity index (χ3n) is 3.27. The predicted octanol–water partition coefficient (Wildman–Crippen LogP) is 2.20. The van der Waals surface area contributed by atoms with Crippen LogP contribution in [0.3, 0.4) is 0 Å². The molecule has 1 aliphatic rings. The van der Waals surface area contributed by atoms with E-state index in [1.54, 1.807) is 25.1 Å². The molecule has 8 heteroatoms. The van der Waals surface area contributed by atoms with E-state index in [1.807, 2.05) is 0 Å². The minimum atomic E-state index is -5.03. The van der Waals surface area contributed by atoms with E-state index in [-0.39, 0.29) is 12.3 Å². The lowest BCUT2D eigenvalue weighted by Gasteiger charge is -2.17. The molecule has 22 heavy (non-hydrogen) atoms. The van der Waals surface area contributed by atoms with Crippen LogP contribution in [0.25, 0.3) is 0 Å². The first-order chi connectivity index (χ1) is 10.2. The van der Waals surface area contributed by atoms with Crippen LogP contribution >= 0.6 is 0 Å². The van der Waals surface area contributed by atoms with E-state index in [0.29, 0.717) is 5.56 Å². The van der Waals surface area contributed by atoms with Crippen molar-refractivity contribution in [3.8, 4) is 0 Å². The number of aryl methyl sites for hydroxylation is 1. The summed E-state index contributed by atoms with van der Waals surface area (Å²) in [6, 6.07) is 6.34. The number of ether oxygens (including phenoxy) is 2. The highest BCUT2D eigenvalue weighted by molar-refractivity contribution is 6.05. The van der Waals surface area contributed by atoms with Gasteiger partial charge in [-0.15, -0.1) is 0 Å². The molecule has 2 rings (SSSR count). The topological polar surface area (TPSA) is 67.9 Å². The normalized spacial score (nSPS) is 23.8. The smallest absolute Gasteiger partial charge is 0.429 e. The van der Waals surface area contributed by atoms with Gasteiger partial charge < -0.3 is 14.8 Å². The molecule has 1 aromatic carbocycles. The number of rotatable bonds is 4. The van der Waals surface area contributed by atoms with Crippen LogP contribution in [0.4, 0.5) is 18.9 Å². The van der Waals surface area contributed by atoms with Crippen LogP contribution < -0.4 is 5.32 Å². The summed E-state index contributed by atoms with van der Waals surface area (Å²) in [4.78, 5) is 23.5. The van der Waals surface area contributed by atoms with Crippen molar-refractivity contribution in [3.63, 3.8) is 0 Å². The van der Waals surface area contributed by atoms with Gasteiger partial charge in [0.05, 0.1) is 6.61 Å². The molecular weight excluding hydrogens is 303 g/mol. The molecule has 5 nitrogen and oxygen atoms in total. The van der Waals surface area contributed by atoms with Crippen LogP contribution in [0.1, 0.15) is 12.5 Å². The Morgan fingerprint density at radius 1 is 1.36 bits per heavy atom. The molecule has 0 radical (unpaired) electrons. The summed E-state index contributed by atoms with van der Waals surface area (Å²) in [5.74, 6) is -2.65. The summed E-state index contributed by atoms with van der Waals surface area (Å²) in [5.41, 5.74) is -2.39. The average molecular weight is 317 g/mol. The van der Waals surface area contributed by atoms with E-state index >= 15 is 0 Å². The van der Waals surface area contributed by atoms with E-state index in [9.17, 15) is 22.8 Å². The fourth-order valence-electron chi connectivity index (χ4n) is 2.03. The van der Waals surface area contributed by atoms with Gasteiger partial charge in [0.15, 0.2) is 0 Å². The Kier molecular flexibility index (Phi) is 4.15. The highest BCUT2D eigenvalue weighted by Crippen LogP contribution is 2.50. The molecule has 1 amide bonds. The van der Waals surface area contributed by atoms with Crippen molar-refractivity contribution in [1.82, 2.24) is 0 Å². The molecule has 0 aromatic heterocycles. The Hall–Kier alpha value is -2.09. The molecule has 1 aliphatic heterocycles. The molecule has 0 saturated carbocycles. The molecule has 120 valence electrons. The number of carbonyl (C=O) groups excluding carboxylic acids is 2. The van der Waals surface area contributed by atoms with E-state index in [2.05, 4.69) is 14.8 Å². The lowest BCUT2D eigenvalue weighted by Crippen LogP contribution is -2.48. The van der Waals surface area contributed by atoms with E-state index < -0.39 is 29.8 Å². The van der Waals surface area contributed by atoms with Crippen LogP contribution in [0.15, 0.2) is 24.3 Å². The summed E-state index contributed by atoms with van der Waals surface area (Å²) in [6.45, 7) is 2.97. The van der Waals surface area contributed by atoms with Gasteiger partial charge in [-0.25, -0.2) is 4.79 Å². The second-order valence-corrected chi connectivity index (χ2v) is 4.75. The maximum atomic E-state index is 13.2. The number of nitrogens with one attached hydrogen (secondary N) is 1. The number of hydrogen-bond donors (Lipinski definition) is 1. The number of anilines is 1. The molecular formula is C14H14F3NO4. The second kappa shape index (κ2) is 5.60. The van der Waals surface area contributed by atoms with Crippen molar-refractivity contribution in [2.45, 2.75) is 31.7 Å². The Labute approximate surface area is 124 Å². The van der Waals surface area contributed by atoms with Gasteiger partial charge in [-0.3, -0.25) is 4.79 Å². The van der Waals surface area contributed by atoms with Crippen molar-refractivity contribution < 1.29 is 32.2 Å². The maximum absolute atomic E-state index is 13.2. The summed E-state index contributed by atoms with van der Waals surface area (Å²) in [6.07, 6.45) is -7.01. The first kappa shape index (κ1) is 16.3. The van der Waals surface area contributed by atoms with Crippen LogP contribution in [0.5, 0.6) is 0 Å². The van der Waals surface area contributed by atoms with Crippen molar-refractivity contribution >= 4 is 17.6 Å². The SMILES string of the molecule is CCOC(=O)[C@@H]1O[C@@]1(C(=O)Nc1ccccc1C)C(F)(F)F. The number of alkyl halides is 3. The van der Waals surface area contributed by atoms with Gasteiger partial charge in [0.2, 0.25) is 6.10 Å². The second-order valence-electron chi connectivity index (χ2n) is 4.75. The van der Waals surface area contributed by atoms with Gasteiger partial charge in [0.25, 0.3) is 11.5 Å². The number of hydrogen-bond acceptors (Lipinski definition) is 4. The Morgan fingerprint density at radius 3 is 2.55 bits per heavy atom. The number of para-hydroxylation sites is 1. The summed E-state index contributed by atoms with van der Waals surface area (Å²) < 4.78 is 48.6. The lowest BCUT2D eigenvalue weighted by molar-refractivity contribution is -0.187. The molecule has 0 unspecified atom stereocenters. The Balaban J connectivity index is 2.24. The van der Waals surface area contributed by atoms with Crippen LogP contribution in [-0.4, -0.2) is 36.4 Å². The van der Waals surface area contributed by atoms with Gasteiger partial charge in [0, 0.05) is 5.69 Å². The maximum Gasteiger partial charge on any atom is 0.429 e. The van der Waals surface area contributed by atoms with E-state index in [4.69, 9.17) is 0 Å². The number of halogens is 3.